The first-order valence-electron chi connectivity index (χ1n) is 1.54. The van der Waals surface area contributed by atoms with Crippen molar-refractivity contribution in [2.24, 2.45) is 0 Å². The molecule has 1 saturated carbocycles. The predicted octanol–water partition coefficient (Wildman–Crippen LogP) is 0.595. The maximum absolute atomic E-state index is 11.2. The summed E-state index contributed by atoms with van der Waals surface area (Å²) in [6, 6.07) is 0. The minimum absolute atomic E-state index is 0.535. The molecular formula is C3H2F2O. The van der Waals surface area contributed by atoms with E-state index in [0.29, 0.717) is 0 Å². The Morgan fingerprint density at radius 2 is 1.83 bits per heavy atom. The Kier molecular flexibility index (Phi) is 0.384. The second-order valence-corrected chi connectivity index (χ2v) is 1.30. The van der Waals surface area contributed by atoms with Crippen LogP contribution in [0.4, 0.5) is 8.78 Å². The fourth-order valence-corrected chi connectivity index (χ4v) is 0.157. The van der Waals surface area contributed by atoms with Crippen LogP contribution >= 0.6 is 0 Å². The van der Waals surface area contributed by atoms with Gasteiger partial charge in [-0.2, -0.15) is 8.78 Å². The average Bonchev–Trinajstić information content (AvgIpc) is 1.73. The van der Waals surface area contributed by atoms with Gasteiger partial charge in [-0.15, -0.1) is 0 Å². The topological polar surface area (TPSA) is 17.1 Å². The number of rotatable bonds is 0. The number of ketones is 1. The molecule has 0 radical (unpaired) electrons. The van der Waals surface area contributed by atoms with Gasteiger partial charge in [-0.3, -0.25) is 4.79 Å². The smallest absolute Gasteiger partial charge is 0.293 e. The highest BCUT2D eigenvalue weighted by molar-refractivity contribution is 6.01. The molecule has 1 nitrogen and oxygen atoms in total. The van der Waals surface area contributed by atoms with Crippen molar-refractivity contribution in [3.8, 4) is 0 Å². The molecule has 0 aromatic rings. The number of carbonyl (C=O) groups excluding carboxylic acids is 1. The molecule has 0 heterocycles. The monoisotopic (exact) mass is 92.0 g/mol. The normalized spacial score (nSPS) is 27.3. The highest BCUT2D eigenvalue weighted by Crippen LogP contribution is 2.35. The second kappa shape index (κ2) is 0.622. The number of Topliss-reactive ketones (excluding diaryl/α,β-unsaturated/α-hetero) is 1. The molecule has 0 spiro atoms. The van der Waals surface area contributed by atoms with Crippen molar-refractivity contribution in [2.75, 3.05) is 0 Å². The zero-order valence-corrected chi connectivity index (χ0v) is 2.87. The van der Waals surface area contributed by atoms with E-state index in [4.69, 9.17) is 0 Å². The van der Waals surface area contributed by atoms with Crippen molar-refractivity contribution in [3.05, 3.63) is 0 Å². The molecule has 1 aliphatic carbocycles. The maximum atomic E-state index is 11.2. The minimum atomic E-state index is -2.93. The summed E-state index contributed by atoms with van der Waals surface area (Å²) < 4.78 is 22.4. The largest absolute Gasteiger partial charge is 0.312 e. The van der Waals surface area contributed by atoms with Crippen molar-refractivity contribution >= 4 is 5.78 Å². The highest BCUT2D eigenvalue weighted by Gasteiger charge is 2.56. The first-order valence-corrected chi connectivity index (χ1v) is 1.54. The van der Waals surface area contributed by atoms with Crippen molar-refractivity contribution in [1.82, 2.24) is 0 Å². The molecule has 0 aromatic heterocycles. The van der Waals surface area contributed by atoms with Crippen molar-refractivity contribution < 1.29 is 13.6 Å². The van der Waals surface area contributed by atoms with Gasteiger partial charge in [0.2, 0.25) is 5.78 Å². The zero-order chi connectivity index (χ0) is 4.78. The molecule has 1 fully saturated rings. The summed E-state index contributed by atoms with van der Waals surface area (Å²) in [5.74, 6) is -3.86. The van der Waals surface area contributed by atoms with E-state index in [1.165, 1.54) is 0 Å². The molecule has 0 unspecified atom stereocenters. The number of hydrogen-bond donors (Lipinski definition) is 0. The van der Waals surface area contributed by atoms with Gasteiger partial charge in [0.05, 0.1) is 6.42 Å². The van der Waals surface area contributed by atoms with Crippen molar-refractivity contribution in [1.29, 1.82) is 0 Å². The zero-order valence-electron chi connectivity index (χ0n) is 2.87. The third-order valence-corrected chi connectivity index (χ3v) is 0.666. The molecule has 0 aliphatic heterocycles. The SMILES string of the molecule is O=C1CC1(F)F. The number of alkyl halides is 2. The van der Waals surface area contributed by atoms with E-state index >= 15 is 0 Å². The number of halogens is 2. The van der Waals surface area contributed by atoms with E-state index in [9.17, 15) is 13.6 Å². The van der Waals surface area contributed by atoms with Gasteiger partial charge in [-0.25, -0.2) is 0 Å². The van der Waals surface area contributed by atoms with Crippen LogP contribution in [0, 0.1) is 0 Å². The molecule has 34 valence electrons. The maximum Gasteiger partial charge on any atom is 0.312 e. The summed E-state index contributed by atoms with van der Waals surface area (Å²) in [6.45, 7) is 0. The fraction of sp³-hybridized carbons (Fsp3) is 0.667. The molecule has 1 aliphatic rings. The van der Waals surface area contributed by atoms with E-state index in [1.54, 1.807) is 0 Å². The van der Waals surface area contributed by atoms with Gasteiger partial charge in [-0.05, 0) is 0 Å². The second-order valence-electron chi connectivity index (χ2n) is 1.30. The number of hydrogen-bond acceptors (Lipinski definition) is 1. The summed E-state index contributed by atoms with van der Waals surface area (Å²) in [5.41, 5.74) is 0. The van der Waals surface area contributed by atoms with Gasteiger partial charge >= 0.3 is 5.92 Å². The third-order valence-electron chi connectivity index (χ3n) is 0.666. The molecule has 0 N–H and O–H groups in total. The third kappa shape index (κ3) is 0.311. The Hall–Kier alpha value is -0.470. The molecule has 6 heavy (non-hydrogen) atoms. The molecular weight excluding hydrogens is 90.0 g/mol. The molecule has 3 heteroatoms. The predicted molar refractivity (Wildman–Crippen MR) is 14.6 cm³/mol. The molecule has 0 atom stereocenters. The number of carbonyl (C=O) groups is 1. The van der Waals surface area contributed by atoms with Gasteiger partial charge in [0.1, 0.15) is 0 Å². The van der Waals surface area contributed by atoms with Gasteiger partial charge < -0.3 is 0 Å². The molecule has 0 saturated heterocycles. The summed E-state index contributed by atoms with van der Waals surface area (Å²) in [5, 5.41) is 0. The summed E-state index contributed by atoms with van der Waals surface area (Å²) in [6.07, 6.45) is -0.535. The summed E-state index contributed by atoms with van der Waals surface area (Å²) in [7, 11) is 0. The lowest BCUT2D eigenvalue weighted by atomic mass is 10.8. The quantitative estimate of drug-likeness (QED) is 0.427. The van der Waals surface area contributed by atoms with Crippen molar-refractivity contribution in [2.45, 2.75) is 12.3 Å². The highest BCUT2D eigenvalue weighted by atomic mass is 19.3. The fourth-order valence-electron chi connectivity index (χ4n) is 0.157. The Morgan fingerprint density at radius 3 is 1.83 bits per heavy atom. The van der Waals surface area contributed by atoms with Gasteiger partial charge in [0.15, 0.2) is 0 Å². The Morgan fingerprint density at radius 1 is 1.67 bits per heavy atom. The first-order chi connectivity index (χ1) is 2.63. The van der Waals surface area contributed by atoms with Crippen molar-refractivity contribution in [3.63, 3.8) is 0 Å². The van der Waals surface area contributed by atoms with Crippen LogP contribution < -0.4 is 0 Å². The molecule has 0 amide bonds. The molecule has 0 bridgehead atoms. The van der Waals surface area contributed by atoms with E-state index in [0.717, 1.165) is 0 Å². The van der Waals surface area contributed by atoms with Gasteiger partial charge in [-0.1, -0.05) is 0 Å². The van der Waals surface area contributed by atoms with Gasteiger partial charge in [0.25, 0.3) is 0 Å². The van der Waals surface area contributed by atoms with E-state index in [1.807, 2.05) is 0 Å². The van der Waals surface area contributed by atoms with E-state index in [-0.39, 0.29) is 0 Å². The van der Waals surface area contributed by atoms with E-state index in [2.05, 4.69) is 0 Å². The van der Waals surface area contributed by atoms with E-state index < -0.39 is 18.1 Å². The van der Waals surface area contributed by atoms with Crippen LogP contribution in [0.1, 0.15) is 6.42 Å². The average molecular weight is 92.0 g/mol. The lowest BCUT2D eigenvalue weighted by Crippen LogP contribution is -1.88. The van der Waals surface area contributed by atoms with Crippen LogP contribution in [-0.4, -0.2) is 11.7 Å². The molecule has 1 rings (SSSR count). The summed E-state index contributed by atoms with van der Waals surface area (Å²) >= 11 is 0. The van der Waals surface area contributed by atoms with Crippen LogP contribution in [-0.2, 0) is 4.79 Å². The lowest BCUT2D eigenvalue weighted by Gasteiger charge is -1.73. The van der Waals surface area contributed by atoms with Crippen LogP contribution in [0.2, 0.25) is 0 Å². The minimum Gasteiger partial charge on any atom is -0.293 e. The summed E-state index contributed by atoms with van der Waals surface area (Å²) in [4.78, 5) is 9.46. The van der Waals surface area contributed by atoms with Crippen LogP contribution in [0.15, 0.2) is 0 Å². The van der Waals surface area contributed by atoms with Crippen LogP contribution in [0.25, 0.3) is 0 Å². The van der Waals surface area contributed by atoms with Crippen LogP contribution in [0.5, 0.6) is 0 Å². The lowest BCUT2D eigenvalue weighted by molar-refractivity contribution is -0.117. The Bertz CT molecular complexity index is 97.0. The molecule has 0 aromatic carbocycles. The standard InChI is InChI=1S/C3H2F2O/c4-3(5)1-2(3)6/h1H2. The Balaban J connectivity index is 2.63. The van der Waals surface area contributed by atoms with Gasteiger partial charge in [0, 0.05) is 0 Å². The Labute approximate surface area is 33.0 Å². The first kappa shape index (κ1) is 3.71. The van der Waals surface area contributed by atoms with Crippen LogP contribution in [0.3, 0.4) is 0 Å².